The third-order valence-corrected chi connectivity index (χ3v) is 4.55. The molecule has 0 unspecified atom stereocenters. The van der Waals surface area contributed by atoms with Gasteiger partial charge in [-0.25, -0.2) is 4.79 Å². The number of benzene rings is 1. The number of nitrogens with zero attached hydrogens (tertiary/aromatic N) is 3. The standard InChI is InChI=1S/C18H25ClN4O3/c1-18(2,3)20-16(24)11-21-6-8-22(9-7-21)12-23-14-5-4-13(19)10-15(14)26-17(23)25/h4-5,10H,6-9,11-12H2,1-3H3,(H,20,24). The molecule has 0 aliphatic carbocycles. The first-order valence-electron chi connectivity index (χ1n) is 8.76. The fourth-order valence-corrected chi connectivity index (χ4v) is 3.29. The molecule has 0 radical (unpaired) electrons. The molecule has 1 aliphatic rings. The minimum Gasteiger partial charge on any atom is -0.408 e. The van der Waals surface area contributed by atoms with Crippen molar-refractivity contribution in [3.63, 3.8) is 0 Å². The minimum atomic E-state index is -0.380. The highest BCUT2D eigenvalue weighted by atomic mass is 35.5. The van der Waals surface area contributed by atoms with Crippen LogP contribution in [0.25, 0.3) is 11.1 Å². The van der Waals surface area contributed by atoms with Gasteiger partial charge in [-0.2, -0.15) is 0 Å². The number of nitrogens with one attached hydrogen (secondary N) is 1. The van der Waals surface area contributed by atoms with E-state index in [0.717, 1.165) is 31.7 Å². The first-order chi connectivity index (χ1) is 12.2. The maximum Gasteiger partial charge on any atom is 0.421 e. The third kappa shape index (κ3) is 4.66. The molecule has 2 aromatic rings. The van der Waals surface area contributed by atoms with Crippen molar-refractivity contribution >= 4 is 28.6 Å². The highest BCUT2D eigenvalue weighted by Crippen LogP contribution is 2.19. The van der Waals surface area contributed by atoms with E-state index in [4.69, 9.17) is 16.0 Å². The lowest BCUT2D eigenvalue weighted by Crippen LogP contribution is -2.52. The summed E-state index contributed by atoms with van der Waals surface area (Å²) < 4.78 is 6.89. The molecule has 0 spiro atoms. The number of halogens is 1. The van der Waals surface area contributed by atoms with Crippen LogP contribution in [0.2, 0.25) is 5.02 Å². The molecule has 142 valence electrons. The second-order valence-electron chi connectivity index (χ2n) is 7.74. The quantitative estimate of drug-likeness (QED) is 0.874. The number of amides is 1. The Morgan fingerprint density at radius 1 is 1.19 bits per heavy atom. The van der Waals surface area contributed by atoms with Gasteiger partial charge in [0.2, 0.25) is 5.91 Å². The molecule has 1 aromatic carbocycles. The average molecular weight is 381 g/mol. The number of hydrogen-bond donors (Lipinski definition) is 1. The number of carbonyl (C=O) groups is 1. The lowest BCUT2D eigenvalue weighted by molar-refractivity contribution is -0.124. The number of fused-ring (bicyclic) bond motifs is 1. The maximum atomic E-state index is 12.1. The molecule has 1 saturated heterocycles. The predicted octanol–water partition coefficient (Wildman–Crippen LogP) is 1.74. The summed E-state index contributed by atoms with van der Waals surface area (Å²) in [6.07, 6.45) is 0. The molecule has 1 aliphatic heterocycles. The molecule has 2 heterocycles. The van der Waals surface area contributed by atoms with Crippen molar-refractivity contribution in [2.75, 3.05) is 32.7 Å². The zero-order valence-electron chi connectivity index (χ0n) is 15.4. The molecule has 0 saturated carbocycles. The maximum absolute atomic E-state index is 12.1. The zero-order valence-corrected chi connectivity index (χ0v) is 16.2. The summed E-state index contributed by atoms with van der Waals surface area (Å²) in [6.45, 7) is 9.94. The van der Waals surface area contributed by atoms with Crippen molar-refractivity contribution in [1.29, 1.82) is 0 Å². The van der Waals surface area contributed by atoms with Crippen molar-refractivity contribution in [3.05, 3.63) is 33.8 Å². The SMILES string of the molecule is CC(C)(C)NC(=O)CN1CCN(Cn2c(=O)oc3cc(Cl)ccc32)CC1. The Morgan fingerprint density at radius 3 is 2.50 bits per heavy atom. The molecule has 1 aromatic heterocycles. The number of aromatic nitrogens is 1. The van der Waals surface area contributed by atoms with Gasteiger partial charge >= 0.3 is 5.76 Å². The predicted molar refractivity (Wildman–Crippen MR) is 101 cm³/mol. The summed E-state index contributed by atoms with van der Waals surface area (Å²) in [4.78, 5) is 28.5. The van der Waals surface area contributed by atoms with Gasteiger partial charge in [-0.3, -0.25) is 19.2 Å². The average Bonchev–Trinajstić information content (AvgIpc) is 2.82. The van der Waals surface area contributed by atoms with Gasteiger partial charge in [0, 0.05) is 42.8 Å². The molecule has 0 atom stereocenters. The molecule has 0 bridgehead atoms. The van der Waals surface area contributed by atoms with Gasteiger partial charge in [-0.05, 0) is 32.9 Å². The first kappa shape index (κ1) is 18.9. The molecule has 8 heteroatoms. The van der Waals surface area contributed by atoms with E-state index >= 15 is 0 Å². The highest BCUT2D eigenvalue weighted by molar-refractivity contribution is 6.31. The summed E-state index contributed by atoms with van der Waals surface area (Å²) in [6, 6.07) is 5.21. The van der Waals surface area contributed by atoms with Crippen LogP contribution in [-0.4, -0.2) is 58.5 Å². The summed E-state index contributed by atoms with van der Waals surface area (Å²) in [5, 5.41) is 3.53. The molecule has 1 N–H and O–H groups in total. The molecule has 1 amide bonds. The van der Waals surface area contributed by atoms with Crippen LogP contribution in [0.5, 0.6) is 0 Å². The van der Waals surface area contributed by atoms with E-state index in [0.29, 0.717) is 23.8 Å². The Morgan fingerprint density at radius 2 is 1.85 bits per heavy atom. The number of piperazine rings is 1. The molecule has 7 nitrogen and oxygen atoms in total. The monoisotopic (exact) mass is 380 g/mol. The lowest BCUT2D eigenvalue weighted by atomic mass is 10.1. The number of oxazole rings is 1. The highest BCUT2D eigenvalue weighted by Gasteiger charge is 2.22. The van der Waals surface area contributed by atoms with Gasteiger partial charge < -0.3 is 9.73 Å². The van der Waals surface area contributed by atoms with Crippen LogP contribution in [0.1, 0.15) is 20.8 Å². The largest absolute Gasteiger partial charge is 0.421 e. The van der Waals surface area contributed by atoms with Gasteiger partial charge in [0.15, 0.2) is 5.58 Å². The van der Waals surface area contributed by atoms with Crippen LogP contribution in [0.15, 0.2) is 27.4 Å². The topological polar surface area (TPSA) is 70.7 Å². The van der Waals surface area contributed by atoms with Crippen LogP contribution >= 0.6 is 11.6 Å². The van der Waals surface area contributed by atoms with Gasteiger partial charge in [0.05, 0.1) is 18.7 Å². The van der Waals surface area contributed by atoms with Gasteiger partial charge in [0.25, 0.3) is 0 Å². The van der Waals surface area contributed by atoms with Crippen molar-refractivity contribution in [2.45, 2.75) is 33.0 Å². The summed E-state index contributed by atoms with van der Waals surface area (Å²) in [7, 11) is 0. The number of hydrogen-bond acceptors (Lipinski definition) is 5. The van der Waals surface area contributed by atoms with E-state index in [9.17, 15) is 9.59 Å². The zero-order chi connectivity index (χ0) is 18.9. The molecular weight excluding hydrogens is 356 g/mol. The van der Waals surface area contributed by atoms with Crippen molar-refractivity contribution in [2.24, 2.45) is 0 Å². The second kappa shape index (κ2) is 7.42. The summed E-state index contributed by atoms with van der Waals surface area (Å²) in [5.74, 6) is -0.339. The Hall–Kier alpha value is -1.83. The van der Waals surface area contributed by atoms with Crippen LogP contribution in [0.3, 0.4) is 0 Å². The number of rotatable bonds is 4. The van der Waals surface area contributed by atoms with Crippen LogP contribution in [0.4, 0.5) is 0 Å². The van der Waals surface area contributed by atoms with Crippen LogP contribution < -0.4 is 11.1 Å². The Bertz CT molecular complexity index is 844. The molecular formula is C18H25ClN4O3. The van der Waals surface area contributed by atoms with E-state index < -0.39 is 0 Å². The van der Waals surface area contributed by atoms with E-state index in [1.807, 2.05) is 20.8 Å². The van der Waals surface area contributed by atoms with Crippen molar-refractivity contribution < 1.29 is 9.21 Å². The van der Waals surface area contributed by atoms with Crippen LogP contribution in [0, 0.1) is 0 Å². The molecule has 3 rings (SSSR count). The van der Waals surface area contributed by atoms with Gasteiger partial charge in [-0.15, -0.1) is 0 Å². The van der Waals surface area contributed by atoms with Crippen molar-refractivity contribution in [1.82, 2.24) is 19.7 Å². The second-order valence-corrected chi connectivity index (χ2v) is 8.18. The van der Waals surface area contributed by atoms with E-state index in [1.54, 1.807) is 22.8 Å². The van der Waals surface area contributed by atoms with Gasteiger partial charge in [0.1, 0.15) is 0 Å². The summed E-state index contributed by atoms with van der Waals surface area (Å²) in [5.41, 5.74) is 1.03. The van der Waals surface area contributed by atoms with E-state index in [-0.39, 0.29) is 17.2 Å². The van der Waals surface area contributed by atoms with Crippen LogP contribution in [-0.2, 0) is 11.5 Å². The lowest BCUT2D eigenvalue weighted by Gasteiger charge is -2.34. The molecule has 26 heavy (non-hydrogen) atoms. The van der Waals surface area contributed by atoms with E-state index in [1.165, 1.54) is 0 Å². The smallest absolute Gasteiger partial charge is 0.408 e. The minimum absolute atomic E-state index is 0.0416. The Kier molecular flexibility index (Phi) is 5.41. The Balaban J connectivity index is 1.57. The Labute approximate surface area is 157 Å². The fraction of sp³-hybridized carbons (Fsp3) is 0.556. The van der Waals surface area contributed by atoms with Crippen molar-refractivity contribution in [3.8, 4) is 0 Å². The fourth-order valence-electron chi connectivity index (χ4n) is 3.12. The first-order valence-corrected chi connectivity index (χ1v) is 9.14. The summed E-state index contributed by atoms with van der Waals surface area (Å²) >= 11 is 5.95. The number of carbonyl (C=O) groups excluding carboxylic acids is 1. The normalized spacial score (nSPS) is 16.9. The van der Waals surface area contributed by atoms with Gasteiger partial charge in [-0.1, -0.05) is 11.6 Å². The molecule has 1 fully saturated rings. The van der Waals surface area contributed by atoms with E-state index in [2.05, 4.69) is 15.1 Å². The third-order valence-electron chi connectivity index (χ3n) is 4.32.